The van der Waals surface area contributed by atoms with Crippen LogP contribution in [0.5, 0.6) is 0 Å². The van der Waals surface area contributed by atoms with E-state index in [1.807, 2.05) is 0 Å². The smallest absolute Gasteiger partial charge is 0.330 e. The standard InChI is InChI=1S/C11H10BrFO2/c1-2-15-11(14)6-4-8-3-5-9(12)7-10(8)13/h3-7H,2H2,1H3. The van der Waals surface area contributed by atoms with Crippen LogP contribution in [0.15, 0.2) is 28.7 Å². The van der Waals surface area contributed by atoms with E-state index in [-0.39, 0.29) is 5.82 Å². The lowest BCUT2D eigenvalue weighted by Crippen LogP contribution is -1.98. The molecule has 0 saturated heterocycles. The van der Waals surface area contributed by atoms with Gasteiger partial charge in [0.15, 0.2) is 0 Å². The predicted octanol–water partition coefficient (Wildman–Crippen LogP) is 3.16. The molecule has 0 bridgehead atoms. The molecular weight excluding hydrogens is 263 g/mol. The minimum atomic E-state index is -0.472. The normalized spacial score (nSPS) is 10.6. The van der Waals surface area contributed by atoms with Crippen molar-refractivity contribution in [3.05, 3.63) is 40.1 Å². The molecule has 80 valence electrons. The molecule has 0 heterocycles. The monoisotopic (exact) mass is 272 g/mol. The van der Waals surface area contributed by atoms with Gasteiger partial charge in [-0.1, -0.05) is 22.0 Å². The lowest BCUT2D eigenvalue weighted by atomic mass is 10.2. The highest BCUT2D eigenvalue weighted by Crippen LogP contribution is 2.16. The lowest BCUT2D eigenvalue weighted by molar-refractivity contribution is -0.137. The molecule has 4 heteroatoms. The second kappa shape index (κ2) is 5.66. The molecule has 0 unspecified atom stereocenters. The van der Waals surface area contributed by atoms with E-state index in [0.717, 1.165) is 0 Å². The third-order valence-corrected chi connectivity index (χ3v) is 2.14. The molecule has 1 rings (SSSR count). The molecule has 0 spiro atoms. The fourth-order valence-electron chi connectivity index (χ4n) is 0.985. The second-order valence-corrected chi connectivity index (χ2v) is 3.67. The molecule has 0 fully saturated rings. The Kier molecular flexibility index (Phi) is 4.49. The predicted molar refractivity (Wildman–Crippen MR) is 59.8 cm³/mol. The number of ether oxygens (including phenoxy) is 1. The molecule has 2 nitrogen and oxygen atoms in total. The molecule has 0 radical (unpaired) electrons. The Morgan fingerprint density at radius 2 is 2.33 bits per heavy atom. The molecule has 0 atom stereocenters. The van der Waals surface area contributed by atoms with E-state index in [0.29, 0.717) is 16.6 Å². The van der Waals surface area contributed by atoms with Gasteiger partial charge in [-0.05, 0) is 25.1 Å². The van der Waals surface area contributed by atoms with Gasteiger partial charge in [0.2, 0.25) is 0 Å². The Hall–Kier alpha value is -1.16. The zero-order valence-corrected chi connectivity index (χ0v) is 9.75. The summed E-state index contributed by atoms with van der Waals surface area (Å²) in [6.07, 6.45) is 2.59. The van der Waals surface area contributed by atoms with Crippen LogP contribution in [-0.4, -0.2) is 12.6 Å². The van der Waals surface area contributed by atoms with E-state index in [1.54, 1.807) is 19.1 Å². The third kappa shape index (κ3) is 3.83. The highest BCUT2D eigenvalue weighted by Gasteiger charge is 2.00. The summed E-state index contributed by atoms with van der Waals surface area (Å²) >= 11 is 3.15. The number of carbonyl (C=O) groups excluding carboxylic acids is 1. The number of rotatable bonds is 3. The molecule has 1 aromatic carbocycles. The summed E-state index contributed by atoms with van der Waals surface area (Å²) in [6.45, 7) is 2.03. The van der Waals surface area contributed by atoms with Gasteiger partial charge in [0.1, 0.15) is 5.82 Å². The van der Waals surface area contributed by atoms with Crippen LogP contribution < -0.4 is 0 Å². The first kappa shape index (κ1) is 11.9. The first-order valence-electron chi connectivity index (χ1n) is 4.43. The van der Waals surface area contributed by atoms with Gasteiger partial charge in [0, 0.05) is 16.1 Å². The van der Waals surface area contributed by atoms with E-state index in [9.17, 15) is 9.18 Å². The molecule has 15 heavy (non-hydrogen) atoms. The SMILES string of the molecule is CCOC(=O)C=Cc1ccc(Br)cc1F. The molecule has 0 aromatic heterocycles. The topological polar surface area (TPSA) is 26.3 Å². The first-order valence-corrected chi connectivity index (χ1v) is 5.22. The van der Waals surface area contributed by atoms with Gasteiger partial charge < -0.3 is 4.74 Å². The molecule has 0 aliphatic rings. The minimum absolute atomic E-state index is 0.312. The maximum Gasteiger partial charge on any atom is 0.330 e. The van der Waals surface area contributed by atoms with Crippen LogP contribution in [0.3, 0.4) is 0 Å². The Morgan fingerprint density at radius 3 is 2.93 bits per heavy atom. The molecule has 0 amide bonds. The van der Waals surface area contributed by atoms with Crippen LogP contribution in [0, 0.1) is 5.82 Å². The van der Waals surface area contributed by atoms with Crippen molar-refractivity contribution in [1.82, 2.24) is 0 Å². The van der Waals surface area contributed by atoms with Gasteiger partial charge in [0.05, 0.1) is 6.61 Å². The molecule has 0 aliphatic heterocycles. The summed E-state index contributed by atoms with van der Waals surface area (Å²) in [5.41, 5.74) is 0.353. The number of hydrogen-bond donors (Lipinski definition) is 0. The quantitative estimate of drug-likeness (QED) is 0.624. The summed E-state index contributed by atoms with van der Waals surface area (Å²) in [4.78, 5) is 11.0. The van der Waals surface area contributed by atoms with Crippen LogP contribution >= 0.6 is 15.9 Å². The number of esters is 1. The fraction of sp³-hybridized carbons (Fsp3) is 0.182. The summed E-state index contributed by atoms with van der Waals surface area (Å²) in [5, 5.41) is 0. The van der Waals surface area contributed by atoms with Crippen molar-refractivity contribution in [2.75, 3.05) is 6.61 Å². The average molecular weight is 273 g/mol. The van der Waals surface area contributed by atoms with Gasteiger partial charge in [-0.3, -0.25) is 0 Å². The van der Waals surface area contributed by atoms with Crippen LogP contribution in [0.25, 0.3) is 6.08 Å². The Bertz CT molecular complexity index is 388. The molecule has 0 saturated carbocycles. The summed E-state index contributed by atoms with van der Waals surface area (Å²) < 4.78 is 18.6. The van der Waals surface area contributed by atoms with Crippen LogP contribution in [0.2, 0.25) is 0 Å². The zero-order chi connectivity index (χ0) is 11.3. The van der Waals surface area contributed by atoms with Gasteiger partial charge in [-0.15, -0.1) is 0 Å². The number of halogens is 2. The Morgan fingerprint density at radius 1 is 1.60 bits per heavy atom. The third-order valence-electron chi connectivity index (χ3n) is 1.65. The molecular formula is C11H10BrFO2. The summed E-state index contributed by atoms with van der Waals surface area (Å²) in [6, 6.07) is 4.62. The number of hydrogen-bond acceptors (Lipinski definition) is 2. The number of carbonyl (C=O) groups is 1. The van der Waals surface area contributed by atoms with Gasteiger partial charge in [0.25, 0.3) is 0 Å². The van der Waals surface area contributed by atoms with E-state index in [4.69, 9.17) is 0 Å². The maximum atomic E-state index is 13.3. The fourth-order valence-corrected chi connectivity index (χ4v) is 1.32. The van der Waals surface area contributed by atoms with Crippen LogP contribution in [-0.2, 0) is 9.53 Å². The van der Waals surface area contributed by atoms with E-state index >= 15 is 0 Å². The van der Waals surface area contributed by atoms with E-state index in [2.05, 4.69) is 20.7 Å². The summed E-state index contributed by atoms with van der Waals surface area (Å²) in [7, 11) is 0. The molecule has 0 N–H and O–H groups in total. The van der Waals surface area contributed by atoms with Crippen molar-refractivity contribution in [2.45, 2.75) is 6.92 Å². The van der Waals surface area contributed by atoms with Crippen molar-refractivity contribution in [1.29, 1.82) is 0 Å². The first-order chi connectivity index (χ1) is 7.13. The molecule has 1 aromatic rings. The average Bonchev–Trinajstić information content (AvgIpc) is 2.17. The number of benzene rings is 1. The minimum Gasteiger partial charge on any atom is -0.463 e. The highest BCUT2D eigenvalue weighted by atomic mass is 79.9. The Labute approximate surface area is 95.9 Å². The second-order valence-electron chi connectivity index (χ2n) is 2.75. The highest BCUT2D eigenvalue weighted by molar-refractivity contribution is 9.10. The maximum absolute atomic E-state index is 13.3. The van der Waals surface area contributed by atoms with Gasteiger partial charge in [-0.2, -0.15) is 0 Å². The largest absolute Gasteiger partial charge is 0.463 e. The zero-order valence-electron chi connectivity index (χ0n) is 8.17. The van der Waals surface area contributed by atoms with Crippen molar-refractivity contribution >= 4 is 28.0 Å². The van der Waals surface area contributed by atoms with Gasteiger partial charge >= 0.3 is 5.97 Å². The van der Waals surface area contributed by atoms with Crippen molar-refractivity contribution < 1.29 is 13.9 Å². The van der Waals surface area contributed by atoms with Crippen molar-refractivity contribution in [2.24, 2.45) is 0 Å². The van der Waals surface area contributed by atoms with Gasteiger partial charge in [-0.25, -0.2) is 9.18 Å². The van der Waals surface area contributed by atoms with Crippen LogP contribution in [0.4, 0.5) is 4.39 Å². The van der Waals surface area contributed by atoms with E-state index < -0.39 is 5.97 Å². The lowest BCUT2D eigenvalue weighted by Gasteiger charge is -1.98. The van der Waals surface area contributed by atoms with Crippen molar-refractivity contribution in [3.63, 3.8) is 0 Å². The van der Waals surface area contributed by atoms with Crippen LogP contribution in [0.1, 0.15) is 12.5 Å². The Balaban J connectivity index is 2.76. The van der Waals surface area contributed by atoms with Crippen molar-refractivity contribution in [3.8, 4) is 0 Å². The summed E-state index contributed by atoms with van der Waals surface area (Å²) in [5.74, 6) is -0.857. The van der Waals surface area contributed by atoms with E-state index in [1.165, 1.54) is 18.2 Å². The molecule has 0 aliphatic carbocycles.